The third kappa shape index (κ3) is 19.8. The van der Waals surface area contributed by atoms with Crippen LogP contribution in [0, 0.1) is 6.42 Å². The summed E-state index contributed by atoms with van der Waals surface area (Å²) in [6, 6.07) is 0. The molecule has 0 unspecified atom stereocenters. The highest BCUT2D eigenvalue weighted by Gasteiger charge is 2.25. The molecule has 127 valence electrons. The van der Waals surface area contributed by atoms with Gasteiger partial charge >= 0.3 is 6.18 Å². The van der Waals surface area contributed by atoms with Crippen LogP contribution in [0.2, 0.25) is 0 Å². The van der Waals surface area contributed by atoms with Crippen LogP contribution in [0.3, 0.4) is 0 Å². The summed E-state index contributed by atoms with van der Waals surface area (Å²) >= 11 is 0. The number of hydrogen-bond acceptors (Lipinski definition) is 0. The Hall–Kier alpha value is -0.210. The summed E-state index contributed by atoms with van der Waals surface area (Å²) in [4.78, 5) is 0. The summed E-state index contributed by atoms with van der Waals surface area (Å²) in [5, 5.41) is 0. The van der Waals surface area contributed by atoms with Crippen LogP contribution >= 0.6 is 0 Å². The summed E-state index contributed by atoms with van der Waals surface area (Å²) in [5.74, 6) is 0. The highest BCUT2D eigenvalue weighted by atomic mass is 19.4. The molecule has 0 saturated carbocycles. The van der Waals surface area contributed by atoms with Crippen LogP contribution in [0.4, 0.5) is 13.2 Å². The van der Waals surface area contributed by atoms with E-state index in [1.807, 2.05) is 0 Å². The van der Waals surface area contributed by atoms with Gasteiger partial charge in [-0.3, -0.25) is 0 Å². The molecule has 0 amide bonds. The minimum atomic E-state index is -3.97. The van der Waals surface area contributed by atoms with Gasteiger partial charge < -0.3 is 0 Å². The quantitative estimate of drug-likeness (QED) is 0.273. The monoisotopic (exact) mass is 307 g/mol. The van der Waals surface area contributed by atoms with E-state index in [2.05, 4.69) is 13.3 Å². The van der Waals surface area contributed by atoms with Gasteiger partial charge in [0.05, 0.1) is 0 Å². The van der Waals surface area contributed by atoms with E-state index < -0.39 is 12.6 Å². The second-order valence-corrected chi connectivity index (χ2v) is 6.12. The Morgan fingerprint density at radius 3 is 1.52 bits per heavy atom. The second kappa shape index (κ2) is 14.7. The molecule has 0 heterocycles. The molecule has 0 aromatic heterocycles. The van der Waals surface area contributed by atoms with Gasteiger partial charge in [0.1, 0.15) is 0 Å². The average molecular weight is 307 g/mol. The Labute approximate surface area is 129 Å². The largest absolute Gasteiger partial charge is 0.389 e. The van der Waals surface area contributed by atoms with Crippen molar-refractivity contribution in [2.45, 2.75) is 109 Å². The Morgan fingerprint density at radius 2 is 1.05 bits per heavy atom. The van der Waals surface area contributed by atoms with Crippen molar-refractivity contribution < 1.29 is 13.2 Å². The van der Waals surface area contributed by atoms with Gasteiger partial charge in [-0.15, -0.1) is 0 Å². The van der Waals surface area contributed by atoms with E-state index in [-0.39, 0.29) is 0 Å². The van der Waals surface area contributed by atoms with E-state index >= 15 is 0 Å². The van der Waals surface area contributed by atoms with Crippen LogP contribution in [0.25, 0.3) is 0 Å². The van der Waals surface area contributed by atoms with Crippen molar-refractivity contribution in [3.63, 3.8) is 0 Å². The van der Waals surface area contributed by atoms with E-state index in [4.69, 9.17) is 0 Å². The van der Waals surface area contributed by atoms with Crippen LogP contribution in [0.1, 0.15) is 103 Å². The topological polar surface area (TPSA) is 0 Å². The number of rotatable bonds is 15. The van der Waals surface area contributed by atoms with Crippen LogP contribution in [0.5, 0.6) is 0 Å². The summed E-state index contributed by atoms with van der Waals surface area (Å²) in [7, 11) is 0. The van der Waals surface area contributed by atoms with Crippen molar-refractivity contribution in [2.24, 2.45) is 0 Å². The van der Waals surface area contributed by atoms with Crippen molar-refractivity contribution in [3.05, 3.63) is 6.42 Å². The maximum Gasteiger partial charge on any atom is 0.389 e. The van der Waals surface area contributed by atoms with Gasteiger partial charge in [0.25, 0.3) is 0 Å². The number of halogens is 3. The Morgan fingerprint density at radius 1 is 0.619 bits per heavy atom. The molecule has 0 atom stereocenters. The molecule has 1 radical (unpaired) electrons. The van der Waals surface area contributed by atoms with E-state index in [1.54, 1.807) is 0 Å². The molecule has 0 bridgehead atoms. The lowest BCUT2D eigenvalue weighted by Crippen LogP contribution is -2.06. The zero-order chi connectivity index (χ0) is 15.8. The first-order chi connectivity index (χ1) is 10.1. The number of alkyl halides is 3. The lowest BCUT2D eigenvalue weighted by Gasteiger charge is -2.05. The number of unbranched alkanes of at least 4 members (excludes halogenated alkanes) is 14. The smallest absolute Gasteiger partial charge is 0.171 e. The summed E-state index contributed by atoms with van der Waals surface area (Å²) in [5.41, 5.74) is 0. The second-order valence-electron chi connectivity index (χ2n) is 6.12. The molecular weight excluding hydrogens is 273 g/mol. The third-order valence-corrected chi connectivity index (χ3v) is 3.88. The normalized spacial score (nSPS) is 12.0. The van der Waals surface area contributed by atoms with Crippen molar-refractivity contribution in [3.8, 4) is 0 Å². The minimum Gasteiger partial charge on any atom is -0.171 e. The van der Waals surface area contributed by atoms with Crippen molar-refractivity contribution in [2.75, 3.05) is 0 Å². The third-order valence-electron chi connectivity index (χ3n) is 3.88. The average Bonchev–Trinajstić information content (AvgIpc) is 2.42. The predicted molar refractivity (Wildman–Crippen MR) is 85.3 cm³/mol. The first-order valence-electron chi connectivity index (χ1n) is 8.94. The number of hydrogen-bond donors (Lipinski definition) is 0. The molecule has 0 aromatic carbocycles. The molecule has 0 aliphatic heterocycles. The van der Waals surface area contributed by atoms with E-state index in [0.717, 1.165) is 19.3 Å². The first-order valence-corrected chi connectivity index (χ1v) is 8.94. The fraction of sp³-hybridized carbons (Fsp3) is 0.944. The van der Waals surface area contributed by atoms with Crippen LogP contribution < -0.4 is 0 Å². The standard InChI is InChI=1S/C18H34F3/c1-2-3-4-5-6-7-8-9-10-11-12-13-14-15-16-17-18(19,20)21/h7H,2-6,8-17H2,1H3. The summed E-state index contributed by atoms with van der Waals surface area (Å²) in [6.45, 7) is 2.24. The molecule has 0 aliphatic rings. The van der Waals surface area contributed by atoms with Gasteiger partial charge in [-0.2, -0.15) is 13.2 Å². The maximum atomic E-state index is 11.9. The Bertz CT molecular complexity index is 199. The predicted octanol–water partition coefficient (Wildman–Crippen LogP) is 7.62. The van der Waals surface area contributed by atoms with Crippen LogP contribution in [-0.4, -0.2) is 6.18 Å². The fourth-order valence-corrected chi connectivity index (χ4v) is 2.53. The van der Waals surface area contributed by atoms with Gasteiger partial charge in [-0.05, 0) is 12.8 Å². The van der Waals surface area contributed by atoms with Crippen molar-refractivity contribution >= 4 is 0 Å². The van der Waals surface area contributed by atoms with Gasteiger partial charge in [-0.25, -0.2) is 0 Å². The lowest BCUT2D eigenvalue weighted by molar-refractivity contribution is -0.135. The zero-order valence-electron chi connectivity index (χ0n) is 13.8. The highest BCUT2D eigenvalue weighted by Crippen LogP contribution is 2.23. The molecule has 0 aromatic rings. The van der Waals surface area contributed by atoms with Crippen LogP contribution in [0.15, 0.2) is 0 Å². The summed E-state index contributed by atoms with van der Waals surface area (Å²) < 4.78 is 35.8. The van der Waals surface area contributed by atoms with Gasteiger partial charge in [0, 0.05) is 6.42 Å². The van der Waals surface area contributed by atoms with Gasteiger partial charge in [-0.1, -0.05) is 90.4 Å². The summed E-state index contributed by atoms with van der Waals surface area (Å²) in [6.07, 6.45) is 13.8. The molecular formula is C18H34F3. The van der Waals surface area contributed by atoms with E-state index in [1.165, 1.54) is 64.2 Å². The van der Waals surface area contributed by atoms with Gasteiger partial charge in [0.2, 0.25) is 0 Å². The Balaban J connectivity index is 3.00. The van der Waals surface area contributed by atoms with E-state index in [9.17, 15) is 13.2 Å². The molecule has 0 nitrogen and oxygen atoms in total. The molecule has 0 spiro atoms. The molecule has 0 aliphatic carbocycles. The molecule has 0 saturated heterocycles. The first kappa shape index (κ1) is 20.8. The van der Waals surface area contributed by atoms with Crippen LogP contribution in [-0.2, 0) is 0 Å². The van der Waals surface area contributed by atoms with Crippen molar-refractivity contribution in [1.82, 2.24) is 0 Å². The molecule has 21 heavy (non-hydrogen) atoms. The SMILES string of the molecule is CCCCCC[CH]CCCCCCCCCCC(F)(F)F. The lowest BCUT2D eigenvalue weighted by atomic mass is 10.0. The fourth-order valence-electron chi connectivity index (χ4n) is 2.53. The zero-order valence-corrected chi connectivity index (χ0v) is 13.8. The molecule has 0 rings (SSSR count). The Kier molecular flexibility index (Phi) is 14.6. The molecule has 3 heteroatoms. The van der Waals surface area contributed by atoms with E-state index in [0.29, 0.717) is 6.42 Å². The molecule has 0 N–H and O–H groups in total. The van der Waals surface area contributed by atoms with Crippen molar-refractivity contribution in [1.29, 1.82) is 0 Å². The maximum absolute atomic E-state index is 11.9. The minimum absolute atomic E-state index is 0.302. The van der Waals surface area contributed by atoms with Gasteiger partial charge in [0.15, 0.2) is 0 Å². The molecule has 0 fully saturated rings. The highest BCUT2D eigenvalue weighted by molar-refractivity contribution is 4.64.